The van der Waals surface area contributed by atoms with Crippen molar-refractivity contribution in [3.05, 3.63) is 12.2 Å². The van der Waals surface area contributed by atoms with Crippen LogP contribution in [-0.2, 0) is 14.3 Å². The summed E-state index contributed by atoms with van der Waals surface area (Å²) in [5, 5.41) is 2.47. The van der Waals surface area contributed by atoms with E-state index in [1.54, 1.807) is 0 Å². The third-order valence-corrected chi connectivity index (χ3v) is 3.07. The Bertz CT molecular complexity index is 400. The van der Waals surface area contributed by atoms with E-state index in [0.717, 1.165) is 0 Å². The molecular weight excluding hydrogens is 265 g/mol. The molecule has 0 spiro atoms. The van der Waals surface area contributed by atoms with Crippen LogP contribution in [0.4, 0.5) is 13.2 Å². The molecule has 1 saturated heterocycles. The summed E-state index contributed by atoms with van der Waals surface area (Å²) in [4.78, 5) is 24.2. The van der Waals surface area contributed by atoms with Gasteiger partial charge in [0.25, 0.3) is 5.91 Å². The van der Waals surface area contributed by atoms with Gasteiger partial charge in [-0.15, -0.1) is 0 Å². The van der Waals surface area contributed by atoms with Gasteiger partial charge in [0, 0.05) is 19.1 Å². The van der Waals surface area contributed by atoms with Gasteiger partial charge in [-0.2, -0.15) is 13.2 Å². The Balaban J connectivity index is 1.98. The molecule has 2 aliphatic rings. The van der Waals surface area contributed by atoms with Gasteiger partial charge in [-0.3, -0.25) is 10.1 Å². The molecule has 5 nitrogen and oxygen atoms in total. The Morgan fingerprint density at radius 3 is 2.58 bits per heavy atom. The average molecular weight is 278 g/mol. The van der Waals surface area contributed by atoms with Crippen molar-refractivity contribution in [2.24, 2.45) is 0 Å². The molecule has 0 aromatic rings. The van der Waals surface area contributed by atoms with Crippen molar-refractivity contribution < 1.29 is 27.5 Å². The zero-order valence-corrected chi connectivity index (χ0v) is 9.94. The Morgan fingerprint density at radius 1 is 1.37 bits per heavy atom. The molecule has 1 heterocycles. The molecule has 8 heteroatoms. The van der Waals surface area contributed by atoms with Crippen LogP contribution < -0.4 is 5.32 Å². The lowest BCUT2D eigenvalue weighted by atomic mass is 10.1. The SMILES string of the molecule is O=C1C(OC(=O)C(F)(F)F)NCCN1C1CC=CC1. The van der Waals surface area contributed by atoms with Gasteiger partial charge in [0.2, 0.25) is 6.23 Å². The van der Waals surface area contributed by atoms with Crippen LogP contribution in [0.1, 0.15) is 12.8 Å². The third-order valence-electron chi connectivity index (χ3n) is 3.07. The van der Waals surface area contributed by atoms with E-state index in [9.17, 15) is 22.8 Å². The molecule has 1 fully saturated rings. The number of halogens is 3. The number of amides is 1. The predicted octanol–water partition coefficient (Wildman–Crippen LogP) is 0.568. The van der Waals surface area contributed by atoms with E-state index in [4.69, 9.17) is 0 Å². The monoisotopic (exact) mass is 278 g/mol. The number of nitrogens with one attached hydrogen (secondary N) is 1. The lowest BCUT2D eigenvalue weighted by Gasteiger charge is -2.36. The van der Waals surface area contributed by atoms with Gasteiger partial charge in [0.05, 0.1) is 0 Å². The quantitative estimate of drug-likeness (QED) is 0.592. The predicted molar refractivity (Wildman–Crippen MR) is 57.8 cm³/mol. The van der Waals surface area contributed by atoms with Crippen LogP contribution in [0.25, 0.3) is 0 Å². The summed E-state index contributed by atoms with van der Waals surface area (Å²) in [6, 6.07) is -0.0540. The van der Waals surface area contributed by atoms with Gasteiger partial charge in [0.15, 0.2) is 0 Å². The van der Waals surface area contributed by atoms with Crippen molar-refractivity contribution in [1.82, 2.24) is 10.2 Å². The van der Waals surface area contributed by atoms with Crippen molar-refractivity contribution >= 4 is 11.9 Å². The summed E-state index contributed by atoms with van der Waals surface area (Å²) in [5.74, 6) is -2.98. The number of rotatable bonds is 2. The number of ether oxygens (including phenoxy) is 1. The molecule has 1 aliphatic carbocycles. The van der Waals surface area contributed by atoms with E-state index in [2.05, 4.69) is 10.1 Å². The molecule has 19 heavy (non-hydrogen) atoms. The van der Waals surface area contributed by atoms with E-state index < -0.39 is 24.3 Å². The molecule has 1 aliphatic heterocycles. The van der Waals surface area contributed by atoms with Crippen LogP contribution in [0.2, 0.25) is 0 Å². The van der Waals surface area contributed by atoms with Gasteiger partial charge in [-0.25, -0.2) is 4.79 Å². The zero-order chi connectivity index (χ0) is 14.0. The fraction of sp³-hybridized carbons (Fsp3) is 0.636. The number of hydrogen-bond acceptors (Lipinski definition) is 4. The van der Waals surface area contributed by atoms with E-state index >= 15 is 0 Å². The summed E-state index contributed by atoms with van der Waals surface area (Å²) in [6.07, 6.45) is -1.48. The highest BCUT2D eigenvalue weighted by Gasteiger charge is 2.45. The van der Waals surface area contributed by atoms with Gasteiger partial charge in [0.1, 0.15) is 0 Å². The van der Waals surface area contributed by atoms with Crippen LogP contribution >= 0.6 is 0 Å². The molecule has 0 bridgehead atoms. The lowest BCUT2D eigenvalue weighted by molar-refractivity contribution is -0.209. The number of carbonyl (C=O) groups is 2. The Hall–Kier alpha value is -1.57. The number of alkyl halides is 3. The molecule has 0 aromatic carbocycles. The van der Waals surface area contributed by atoms with E-state index in [-0.39, 0.29) is 12.6 Å². The Kier molecular flexibility index (Phi) is 3.79. The smallest absolute Gasteiger partial charge is 0.430 e. The molecule has 106 valence electrons. The summed E-state index contributed by atoms with van der Waals surface area (Å²) < 4.78 is 40.4. The Morgan fingerprint density at radius 2 is 2.00 bits per heavy atom. The minimum absolute atomic E-state index is 0.0540. The second-order valence-electron chi connectivity index (χ2n) is 4.37. The third kappa shape index (κ3) is 3.06. The molecule has 0 saturated carbocycles. The van der Waals surface area contributed by atoms with Crippen LogP contribution in [0.5, 0.6) is 0 Å². The maximum absolute atomic E-state index is 12.1. The highest BCUT2D eigenvalue weighted by atomic mass is 19.4. The molecule has 1 unspecified atom stereocenters. The lowest BCUT2D eigenvalue weighted by Crippen LogP contribution is -2.59. The fourth-order valence-electron chi connectivity index (χ4n) is 2.15. The molecule has 0 radical (unpaired) electrons. The molecule has 0 aromatic heterocycles. The molecule has 1 N–H and O–H groups in total. The zero-order valence-electron chi connectivity index (χ0n) is 9.94. The van der Waals surface area contributed by atoms with Crippen LogP contribution in [0.3, 0.4) is 0 Å². The van der Waals surface area contributed by atoms with E-state index in [0.29, 0.717) is 19.4 Å². The van der Waals surface area contributed by atoms with Gasteiger partial charge in [-0.05, 0) is 12.8 Å². The maximum Gasteiger partial charge on any atom is 0.490 e. The first-order chi connectivity index (χ1) is 8.89. The van der Waals surface area contributed by atoms with Gasteiger partial charge in [-0.1, -0.05) is 12.2 Å². The number of nitrogens with zero attached hydrogens (tertiary/aromatic N) is 1. The summed E-state index contributed by atoms with van der Waals surface area (Å²) in [6.45, 7) is 0.684. The first-order valence-corrected chi connectivity index (χ1v) is 5.86. The highest BCUT2D eigenvalue weighted by molar-refractivity contribution is 5.85. The van der Waals surface area contributed by atoms with Crippen molar-refractivity contribution in [2.45, 2.75) is 31.3 Å². The van der Waals surface area contributed by atoms with Crippen molar-refractivity contribution in [1.29, 1.82) is 0 Å². The maximum atomic E-state index is 12.1. The minimum atomic E-state index is -5.10. The number of hydrogen-bond donors (Lipinski definition) is 1. The van der Waals surface area contributed by atoms with Crippen LogP contribution in [0.15, 0.2) is 12.2 Å². The van der Waals surface area contributed by atoms with E-state index in [1.165, 1.54) is 4.90 Å². The van der Waals surface area contributed by atoms with Crippen LogP contribution in [-0.4, -0.2) is 48.3 Å². The van der Waals surface area contributed by atoms with Crippen molar-refractivity contribution in [3.8, 4) is 0 Å². The second-order valence-corrected chi connectivity index (χ2v) is 4.37. The molecule has 1 amide bonds. The molecular formula is C11H13F3N2O3. The fourth-order valence-corrected chi connectivity index (χ4v) is 2.15. The van der Waals surface area contributed by atoms with Crippen molar-refractivity contribution in [2.75, 3.05) is 13.1 Å². The minimum Gasteiger partial charge on any atom is -0.430 e. The van der Waals surface area contributed by atoms with E-state index in [1.807, 2.05) is 12.2 Å². The van der Waals surface area contributed by atoms with Crippen molar-refractivity contribution in [3.63, 3.8) is 0 Å². The summed E-state index contributed by atoms with van der Waals surface area (Å²) >= 11 is 0. The van der Waals surface area contributed by atoms with Crippen LogP contribution in [0, 0.1) is 0 Å². The number of carbonyl (C=O) groups excluding carboxylic acids is 2. The average Bonchev–Trinajstić information content (AvgIpc) is 2.84. The highest BCUT2D eigenvalue weighted by Crippen LogP contribution is 2.21. The standard InChI is InChI=1S/C11H13F3N2O3/c12-11(13,14)10(18)19-8-9(17)16(6-5-15-8)7-3-1-2-4-7/h1-2,7-8,15H,3-6H2. The summed E-state index contributed by atoms with van der Waals surface area (Å²) in [7, 11) is 0. The normalized spacial score (nSPS) is 24.9. The van der Waals surface area contributed by atoms with Gasteiger partial charge >= 0.3 is 12.1 Å². The largest absolute Gasteiger partial charge is 0.490 e. The first kappa shape index (κ1) is 13.9. The number of piperazine rings is 1. The Labute approximate surface area is 107 Å². The molecule has 1 atom stereocenters. The topological polar surface area (TPSA) is 58.6 Å². The number of esters is 1. The molecule has 2 rings (SSSR count). The first-order valence-electron chi connectivity index (χ1n) is 5.86. The van der Waals surface area contributed by atoms with Gasteiger partial charge < -0.3 is 9.64 Å². The summed E-state index contributed by atoms with van der Waals surface area (Å²) in [5.41, 5.74) is 0. The second kappa shape index (κ2) is 5.20.